The summed E-state index contributed by atoms with van der Waals surface area (Å²) in [5.41, 5.74) is 1.04. The molecule has 7 heteroatoms. The summed E-state index contributed by atoms with van der Waals surface area (Å²) in [5, 5.41) is 7.71. The first kappa shape index (κ1) is 18.2. The number of hydrogen-bond acceptors (Lipinski definition) is 5. The predicted octanol–water partition coefficient (Wildman–Crippen LogP) is 4.05. The van der Waals surface area contributed by atoms with Crippen LogP contribution in [0.4, 0.5) is 5.69 Å². The van der Waals surface area contributed by atoms with Gasteiger partial charge in [-0.1, -0.05) is 24.3 Å². The molecule has 0 fully saturated rings. The molecule has 28 heavy (non-hydrogen) atoms. The number of amides is 2. The van der Waals surface area contributed by atoms with Crippen LogP contribution in [0.3, 0.4) is 0 Å². The Balaban J connectivity index is 1.60. The number of rotatable bonds is 6. The lowest BCUT2D eigenvalue weighted by Gasteiger charge is -2.27. The molecular formula is C21H19N3O3S. The van der Waals surface area contributed by atoms with E-state index in [2.05, 4.69) is 5.10 Å². The minimum atomic E-state index is -0.182. The maximum atomic E-state index is 13.3. The van der Waals surface area contributed by atoms with E-state index in [-0.39, 0.29) is 18.2 Å². The first-order chi connectivity index (χ1) is 13.7. The smallest absolute Gasteiger partial charge is 0.270 e. The van der Waals surface area contributed by atoms with Crippen LogP contribution in [-0.4, -0.2) is 22.4 Å². The Morgan fingerprint density at radius 1 is 1.07 bits per heavy atom. The maximum Gasteiger partial charge on any atom is 0.270 e. The zero-order chi connectivity index (χ0) is 19.3. The van der Waals surface area contributed by atoms with Crippen molar-refractivity contribution < 1.29 is 14.0 Å². The number of benzene rings is 1. The van der Waals surface area contributed by atoms with Gasteiger partial charge in [0.2, 0.25) is 5.91 Å². The number of hydrazone groups is 1. The molecule has 0 saturated heterocycles. The standard InChI is InChI=1S/C21H19N3O3S/c25-20-11-10-19(22-24(20)16-6-2-1-3-7-16)21(26)23(14-17-8-4-12-27-17)15-18-9-5-13-28-18/h1-9,12-13H,10-11,14-15H2. The Morgan fingerprint density at radius 2 is 1.93 bits per heavy atom. The van der Waals surface area contributed by atoms with Gasteiger partial charge in [-0.3, -0.25) is 9.59 Å². The van der Waals surface area contributed by atoms with Crippen molar-refractivity contribution in [3.8, 4) is 0 Å². The van der Waals surface area contributed by atoms with Crippen LogP contribution < -0.4 is 5.01 Å². The van der Waals surface area contributed by atoms with Gasteiger partial charge in [-0.15, -0.1) is 11.3 Å². The highest BCUT2D eigenvalue weighted by Gasteiger charge is 2.29. The third-order valence-electron chi connectivity index (χ3n) is 4.42. The van der Waals surface area contributed by atoms with E-state index in [1.807, 2.05) is 41.8 Å². The molecule has 3 heterocycles. The molecule has 0 saturated carbocycles. The molecule has 0 spiro atoms. The van der Waals surface area contributed by atoms with Gasteiger partial charge in [0.25, 0.3) is 5.91 Å². The third-order valence-corrected chi connectivity index (χ3v) is 5.28. The largest absolute Gasteiger partial charge is 0.467 e. The van der Waals surface area contributed by atoms with E-state index in [1.54, 1.807) is 40.7 Å². The summed E-state index contributed by atoms with van der Waals surface area (Å²) in [6.07, 6.45) is 2.18. The Bertz CT molecular complexity index is 930. The maximum absolute atomic E-state index is 13.3. The topological polar surface area (TPSA) is 66.1 Å². The van der Waals surface area contributed by atoms with E-state index in [1.165, 1.54) is 5.01 Å². The molecule has 6 nitrogen and oxygen atoms in total. The lowest BCUT2D eigenvalue weighted by Crippen LogP contribution is -2.41. The van der Waals surface area contributed by atoms with Crippen molar-refractivity contribution in [2.75, 3.05) is 5.01 Å². The number of carbonyl (C=O) groups is 2. The zero-order valence-corrected chi connectivity index (χ0v) is 16.0. The van der Waals surface area contributed by atoms with Crippen LogP contribution >= 0.6 is 11.3 Å². The van der Waals surface area contributed by atoms with Crippen molar-refractivity contribution >= 4 is 34.6 Å². The van der Waals surface area contributed by atoms with Gasteiger partial charge >= 0.3 is 0 Å². The van der Waals surface area contributed by atoms with Crippen molar-refractivity contribution in [3.63, 3.8) is 0 Å². The molecular weight excluding hydrogens is 374 g/mol. The van der Waals surface area contributed by atoms with Gasteiger partial charge in [0.15, 0.2) is 0 Å². The van der Waals surface area contributed by atoms with Crippen LogP contribution in [0.2, 0.25) is 0 Å². The van der Waals surface area contributed by atoms with Gasteiger partial charge in [0, 0.05) is 17.7 Å². The molecule has 0 unspecified atom stereocenters. The fourth-order valence-electron chi connectivity index (χ4n) is 3.04. The van der Waals surface area contributed by atoms with Gasteiger partial charge in [-0.2, -0.15) is 5.10 Å². The van der Waals surface area contributed by atoms with Crippen LogP contribution in [0.25, 0.3) is 0 Å². The Labute approximate surface area is 166 Å². The van der Waals surface area contributed by atoms with Crippen molar-refractivity contribution in [2.24, 2.45) is 5.10 Å². The van der Waals surface area contributed by atoms with Crippen LogP contribution in [0.1, 0.15) is 23.5 Å². The molecule has 0 radical (unpaired) electrons. The molecule has 1 aromatic carbocycles. The molecule has 0 bridgehead atoms. The lowest BCUT2D eigenvalue weighted by atomic mass is 10.1. The summed E-state index contributed by atoms with van der Waals surface area (Å²) in [6, 6.07) is 16.8. The summed E-state index contributed by atoms with van der Waals surface area (Å²) in [5.74, 6) is 0.411. The summed E-state index contributed by atoms with van der Waals surface area (Å²) in [4.78, 5) is 28.4. The molecule has 142 valence electrons. The van der Waals surface area contributed by atoms with Gasteiger partial charge in [-0.05, 0) is 35.7 Å². The predicted molar refractivity (Wildman–Crippen MR) is 108 cm³/mol. The Kier molecular flexibility index (Phi) is 5.34. The highest BCUT2D eigenvalue weighted by molar-refractivity contribution is 7.09. The van der Waals surface area contributed by atoms with Crippen LogP contribution in [0, 0.1) is 0 Å². The summed E-state index contributed by atoms with van der Waals surface area (Å²) >= 11 is 1.60. The number of furan rings is 1. The minimum Gasteiger partial charge on any atom is -0.467 e. The van der Waals surface area contributed by atoms with E-state index in [0.717, 1.165) is 4.88 Å². The second-order valence-corrected chi connectivity index (χ2v) is 7.44. The van der Waals surface area contributed by atoms with E-state index >= 15 is 0 Å². The van der Waals surface area contributed by atoms with Crippen molar-refractivity contribution in [1.29, 1.82) is 0 Å². The number of anilines is 1. The number of para-hydroxylation sites is 1. The van der Waals surface area contributed by atoms with Crippen LogP contribution in [0.15, 0.2) is 75.8 Å². The summed E-state index contributed by atoms with van der Waals surface area (Å²) < 4.78 is 5.43. The second kappa shape index (κ2) is 8.22. The van der Waals surface area contributed by atoms with Gasteiger partial charge < -0.3 is 9.32 Å². The van der Waals surface area contributed by atoms with Crippen molar-refractivity contribution in [1.82, 2.24) is 4.90 Å². The number of carbonyl (C=O) groups excluding carboxylic acids is 2. The van der Waals surface area contributed by atoms with E-state index in [4.69, 9.17) is 4.42 Å². The molecule has 1 aliphatic heterocycles. The quantitative estimate of drug-likeness (QED) is 0.634. The highest BCUT2D eigenvalue weighted by Crippen LogP contribution is 2.22. The zero-order valence-electron chi connectivity index (χ0n) is 15.2. The first-order valence-corrected chi connectivity index (χ1v) is 9.88. The number of nitrogens with zero attached hydrogens (tertiary/aromatic N) is 3. The van der Waals surface area contributed by atoms with Crippen LogP contribution in [0.5, 0.6) is 0 Å². The van der Waals surface area contributed by atoms with Gasteiger partial charge in [-0.25, -0.2) is 5.01 Å². The average molecular weight is 393 g/mol. The minimum absolute atomic E-state index is 0.112. The molecule has 4 rings (SSSR count). The summed E-state index contributed by atoms with van der Waals surface area (Å²) in [6.45, 7) is 0.817. The van der Waals surface area contributed by atoms with E-state index < -0.39 is 0 Å². The Morgan fingerprint density at radius 3 is 2.64 bits per heavy atom. The second-order valence-electron chi connectivity index (χ2n) is 6.41. The summed E-state index contributed by atoms with van der Waals surface area (Å²) in [7, 11) is 0. The Hall–Kier alpha value is -3.19. The third kappa shape index (κ3) is 4.04. The van der Waals surface area contributed by atoms with Crippen molar-refractivity contribution in [3.05, 3.63) is 76.9 Å². The first-order valence-electron chi connectivity index (χ1n) is 9.00. The monoisotopic (exact) mass is 393 g/mol. The average Bonchev–Trinajstić information content (AvgIpc) is 3.42. The fourth-order valence-corrected chi connectivity index (χ4v) is 3.76. The molecule has 0 N–H and O–H groups in total. The SMILES string of the molecule is O=C(C1=NN(c2ccccc2)C(=O)CC1)N(Cc1ccco1)Cc1cccs1. The molecule has 0 atom stereocenters. The number of thiophene rings is 1. The van der Waals surface area contributed by atoms with E-state index in [9.17, 15) is 9.59 Å². The molecule has 0 aliphatic carbocycles. The van der Waals surface area contributed by atoms with Gasteiger partial charge in [0.1, 0.15) is 11.5 Å². The lowest BCUT2D eigenvalue weighted by molar-refractivity contribution is -0.125. The highest BCUT2D eigenvalue weighted by atomic mass is 32.1. The normalized spacial score (nSPS) is 14.1. The van der Waals surface area contributed by atoms with Crippen LogP contribution in [-0.2, 0) is 22.7 Å². The van der Waals surface area contributed by atoms with Gasteiger partial charge in [0.05, 0.1) is 25.0 Å². The van der Waals surface area contributed by atoms with E-state index in [0.29, 0.717) is 36.7 Å². The molecule has 3 aromatic rings. The molecule has 2 aromatic heterocycles. The fraction of sp³-hybridized carbons (Fsp3) is 0.190. The molecule has 2 amide bonds. The molecule has 1 aliphatic rings. The van der Waals surface area contributed by atoms with Crippen molar-refractivity contribution in [2.45, 2.75) is 25.9 Å². The number of hydrogen-bond donors (Lipinski definition) is 0.